The minimum absolute atomic E-state index is 0.162. The molecule has 0 unspecified atom stereocenters. The first kappa shape index (κ1) is 35.1. The van der Waals surface area contributed by atoms with Crippen molar-refractivity contribution in [2.24, 2.45) is 0 Å². The summed E-state index contributed by atoms with van der Waals surface area (Å²) in [5, 5.41) is 9.99. The van der Waals surface area contributed by atoms with Gasteiger partial charge in [0, 0.05) is 10.0 Å². The fourth-order valence-electron chi connectivity index (χ4n) is 2.91. The van der Waals surface area contributed by atoms with Crippen LogP contribution in [0.25, 0.3) is 0 Å². The van der Waals surface area contributed by atoms with Gasteiger partial charge in [0.05, 0.1) is 11.6 Å². The molecule has 5 aromatic carbocycles. The highest BCUT2D eigenvalue weighted by molar-refractivity contribution is 6.30. The lowest BCUT2D eigenvalue weighted by atomic mass is 10.2. The first-order valence-electron chi connectivity index (χ1n) is 12.8. The molecular weight excluding hydrogens is 555 g/mol. The molecule has 0 amide bonds. The summed E-state index contributed by atoms with van der Waals surface area (Å²) in [6.07, 6.45) is 0. The van der Waals surface area contributed by atoms with Gasteiger partial charge in [-0.05, 0) is 106 Å². The number of halogens is 4. The summed E-state index contributed by atoms with van der Waals surface area (Å²) < 4.78 is 24.3. The second-order valence-electron chi connectivity index (χ2n) is 9.17. The average molecular weight is 591 g/mol. The van der Waals surface area contributed by atoms with Crippen LogP contribution in [0.3, 0.4) is 0 Å². The van der Waals surface area contributed by atoms with Gasteiger partial charge in [-0.25, -0.2) is 8.78 Å². The summed E-state index contributed by atoms with van der Waals surface area (Å²) in [7, 11) is 0. The van der Waals surface area contributed by atoms with E-state index in [-0.39, 0.29) is 11.6 Å². The van der Waals surface area contributed by atoms with Crippen LogP contribution in [-0.4, -0.2) is 0 Å². The largest absolute Gasteiger partial charge is 0.207 e. The van der Waals surface area contributed by atoms with E-state index in [0.717, 1.165) is 26.7 Å². The van der Waals surface area contributed by atoms with Crippen molar-refractivity contribution in [3.63, 3.8) is 0 Å². The third-order valence-corrected chi connectivity index (χ3v) is 5.65. The Labute approximate surface area is 253 Å². The lowest BCUT2D eigenvalue weighted by Gasteiger charge is -1.88. The summed E-state index contributed by atoms with van der Waals surface area (Å²) in [6, 6.07) is 38.0. The monoisotopic (exact) mass is 589 g/mol. The van der Waals surface area contributed by atoms with E-state index >= 15 is 0 Å². The molecule has 0 aliphatic heterocycles. The van der Waals surface area contributed by atoms with Crippen LogP contribution < -0.4 is 0 Å². The first-order chi connectivity index (χ1) is 19.5. The zero-order chi connectivity index (χ0) is 30.6. The molecule has 5 aromatic rings. The van der Waals surface area contributed by atoms with E-state index in [4.69, 9.17) is 28.5 Å². The van der Waals surface area contributed by atoms with Crippen molar-refractivity contribution >= 4 is 23.2 Å². The molecule has 212 valence electrons. The van der Waals surface area contributed by atoms with E-state index in [1.165, 1.54) is 41.0 Å². The number of hydrogen-bond donors (Lipinski definition) is 0. The molecule has 0 bridgehead atoms. The van der Waals surface area contributed by atoms with Gasteiger partial charge in [-0.2, -0.15) is 5.26 Å². The number of nitriles is 1. The van der Waals surface area contributed by atoms with Crippen molar-refractivity contribution in [2.45, 2.75) is 34.6 Å². The van der Waals surface area contributed by atoms with E-state index in [1.54, 1.807) is 18.2 Å². The molecule has 0 radical (unpaired) electrons. The highest BCUT2D eigenvalue weighted by Crippen LogP contribution is 2.09. The minimum atomic E-state index is -0.171. The van der Waals surface area contributed by atoms with Crippen LogP contribution in [0.1, 0.15) is 33.4 Å². The van der Waals surface area contributed by atoms with Gasteiger partial charge in [0.15, 0.2) is 0 Å². The van der Waals surface area contributed by atoms with E-state index in [9.17, 15) is 8.78 Å². The van der Waals surface area contributed by atoms with E-state index in [0.29, 0.717) is 0 Å². The van der Waals surface area contributed by atoms with Crippen molar-refractivity contribution in [1.29, 1.82) is 5.26 Å². The smallest absolute Gasteiger partial charge is 0.123 e. The molecule has 0 aliphatic rings. The Hall–Kier alpha value is -3.97. The molecule has 0 aliphatic carbocycles. The molecule has 0 saturated carbocycles. The maximum Gasteiger partial charge on any atom is 0.123 e. The van der Waals surface area contributed by atoms with E-state index in [1.807, 2.05) is 113 Å². The molecule has 0 spiro atoms. The Morgan fingerprint density at radius 1 is 0.463 bits per heavy atom. The van der Waals surface area contributed by atoms with E-state index < -0.39 is 0 Å². The van der Waals surface area contributed by atoms with Gasteiger partial charge in [-0.1, -0.05) is 101 Å². The highest BCUT2D eigenvalue weighted by Gasteiger charge is 1.86. The maximum absolute atomic E-state index is 12.2. The first-order valence-corrected chi connectivity index (χ1v) is 13.6. The van der Waals surface area contributed by atoms with Gasteiger partial charge < -0.3 is 0 Å². The van der Waals surface area contributed by atoms with E-state index in [2.05, 4.69) is 6.07 Å². The van der Waals surface area contributed by atoms with Crippen LogP contribution in [0, 0.1) is 57.6 Å². The SMILES string of the molecule is Cc1ccc(C#N)cc1.Cc1ccc(Cl)cc1.Cc1ccc(F)cc1.Cc1cccc(Cl)c1.Cc1cccc(F)c1. The standard InChI is InChI=1S/C8H7N.2C7H7Cl.2C7H7F/c1-7-2-4-8(6-9)5-3-7;1-6-2-4-7(8)5-3-6;1-6-3-2-4-7(8)5-6;1-6-2-4-7(8)5-3-6;1-6-3-2-4-7(8)5-6/h2-5H,1H3;4*2-5H,1H3. The number of aryl methyl sites for hydroxylation is 5. The zero-order valence-corrected chi connectivity index (χ0v) is 25.5. The summed E-state index contributed by atoms with van der Waals surface area (Å²) in [5.41, 5.74) is 6.41. The van der Waals surface area contributed by atoms with Gasteiger partial charge in [0.1, 0.15) is 11.6 Å². The van der Waals surface area contributed by atoms with Crippen LogP contribution >= 0.6 is 23.2 Å². The predicted molar refractivity (Wildman–Crippen MR) is 171 cm³/mol. The third-order valence-electron chi connectivity index (χ3n) is 5.16. The van der Waals surface area contributed by atoms with Crippen LogP contribution in [0.2, 0.25) is 10.0 Å². The molecule has 0 heterocycles. The summed E-state index contributed by atoms with van der Waals surface area (Å²) in [5.74, 6) is -0.333. The van der Waals surface area contributed by atoms with Crippen LogP contribution in [0.15, 0.2) is 121 Å². The fraction of sp³-hybridized carbons (Fsp3) is 0.139. The molecule has 0 saturated heterocycles. The van der Waals surface area contributed by atoms with Crippen molar-refractivity contribution in [2.75, 3.05) is 0 Å². The van der Waals surface area contributed by atoms with Gasteiger partial charge in [0.2, 0.25) is 0 Å². The molecule has 5 rings (SSSR count). The molecule has 41 heavy (non-hydrogen) atoms. The summed E-state index contributed by atoms with van der Waals surface area (Å²) in [4.78, 5) is 0. The second-order valence-corrected chi connectivity index (χ2v) is 10.0. The zero-order valence-electron chi connectivity index (χ0n) is 24.0. The molecule has 1 nitrogen and oxygen atoms in total. The Balaban J connectivity index is 0.000000256. The predicted octanol–water partition coefficient (Wildman–Crippen LogP) is 11.4. The van der Waals surface area contributed by atoms with Gasteiger partial charge in [0.25, 0.3) is 0 Å². The van der Waals surface area contributed by atoms with Gasteiger partial charge in [-0.3, -0.25) is 0 Å². The minimum Gasteiger partial charge on any atom is -0.207 e. The average Bonchev–Trinajstić information content (AvgIpc) is 2.94. The van der Waals surface area contributed by atoms with Crippen molar-refractivity contribution in [3.8, 4) is 6.07 Å². The Morgan fingerprint density at radius 3 is 1.22 bits per heavy atom. The van der Waals surface area contributed by atoms with Crippen LogP contribution in [0.5, 0.6) is 0 Å². The summed E-state index contributed by atoms with van der Waals surface area (Å²) >= 11 is 11.3. The van der Waals surface area contributed by atoms with Gasteiger partial charge in [-0.15, -0.1) is 0 Å². The normalized spacial score (nSPS) is 9.07. The number of hydrogen-bond acceptors (Lipinski definition) is 1. The molecule has 0 atom stereocenters. The Bertz CT molecular complexity index is 1290. The lowest BCUT2D eigenvalue weighted by molar-refractivity contribution is 0.626. The quantitative estimate of drug-likeness (QED) is 0.176. The maximum atomic E-state index is 12.2. The van der Waals surface area contributed by atoms with Gasteiger partial charge >= 0.3 is 0 Å². The van der Waals surface area contributed by atoms with Crippen LogP contribution in [-0.2, 0) is 0 Å². The Morgan fingerprint density at radius 2 is 0.902 bits per heavy atom. The lowest BCUT2D eigenvalue weighted by Crippen LogP contribution is -1.72. The Kier molecular flexibility index (Phi) is 17.1. The summed E-state index contributed by atoms with van der Waals surface area (Å²) in [6.45, 7) is 9.85. The number of benzene rings is 5. The van der Waals surface area contributed by atoms with Crippen molar-refractivity contribution in [1.82, 2.24) is 0 Å². The fourth-order valence-corrected chi connectivity index (χ4v) is 3.28. The number of nitrogens with zero attached hydrogens (tertiary/aromatic N) is 1. The van der Waals surface area contributed by atoms with Crippen molar-refractivity contribution < 1.29 is 8.78 Å². The molecule has 5 heteroatoms. The molecule has 0 aromatic heterocycles. The topological polar surface area (TPSA) is 23.8 Å². The highest BCUT2D eigenvalue weighted by atomic mass is 35.5. The van der Waals surface area contributed by atoms with Crippen LogP contribution in [0.4, 0.5) is 8.78 Å². The molecule has 0 fully saturated rings. The second kappa shape index (κ2) is 20.0. The van der Waals surface area contributed by atoms with Crippen molar-refractivity contribution in [3.05, 3.63) is 176 Å². The third kappa shape index (κ3) is 18.1. The number of rotatable bonds is 0. The molecule has 0 N–H and O–H groups in total. The molecular formula is C36H35Cl2F2N.